The third-order valence-corrected chi connectivity index (χ3v) is 4.06. The summed E-state index contributed by atoms with van der Waals surface area (Å²) in [6, 6.07) is 10.7. The molecule has 140 valence electrons. The van der Waals surface area contributed by atoms with E-state index in [0.717, 1.165) is 25.2 Å². The largest absolute Gasteiger partial charge is 0.383 e. The van der Waals surface area contributed by atoms with Gasteiger partial charge in [0.15, 0.2) is 0 Å². The van der Waals surface area contributed by atoms with Gasteiger partial charge in [0.2, 0.25) is 0 Å². The lowest BCUT2D eigenvalue weighted by atomic mass is 10.2. The van der Waals surface area contributed by atoms with Crippen LogP contribution in [0.3, 0.4) is 0 Å². The molecule has 1 atom stereocenters. The lowest BCUT2D eigenvalue weighted by Gasteiger charge is -2.12. The molecule has 0 saturated carbocycles. The van der Waals surface area contributed by atoms with Crippen LogP contribution in [-0.2, 0) is 11.3 Å². The van der Waals surface area contributed by atoms with Crippen LogP contribution >= 0.6 is 0 Å². The van der Waals surface area contributed by atoms with Crippen molar-refractivity contribution in [1.82, 2.24) is 15.0 Å². The van der Waals surface area contributed by atoms with Gasteiger partial charge in [-0.15, -0.1) is 0 Å². The van der Waals surface area contributed by atoms with Crippen molar-refractivity contribution in [3.8, 4) is 11.4 Å². The number of hydrazine groups is 1. The monoisotopic (exact) mass is 346 g/mol. The van der Waals surface area contributed by atoms with Crippen molar-refractivity contribution < 1.29 is 4.74 Å². The van der Waals surface area contributed by atoms with Gasteiger partial charge in [0.25, 0.3) is 0 Å². The average molecular weight is 347 g/mol. The number of hydrogen-bond acceptors (Lipinski definition) is 4. The predicted octanol–water partition coefficient (Wildman–Crippen LogP) is 3.92. The zero-order valence-electron chi connectivity index (χ0n) is 16.2. The van der Waals surface area contributed by atoms with Crippen LogP contribution in [-0.4, -0.2) is 29.3 Å². The topological polar surface area (TPSA) is 65.1 Å². The van der Waals surface area contributed by atoms with Crippen molar-refractivity contribution in [3.05, 3.63) is 42.2 Å². The summed E-state index contributed by atoms with van der Waals surface area (Å²) >= 11 is 0. The highest BCUT2D eigenvalue weighted by molar-refractivity contribution is 5.55. The van der Waals surface area contributed by atoms with Crippen LogP contribution < -0.4 is 11.3 Å². The molecule has 1 aromatic carbocycles. The maximum absolute atomic E-state index is 5.21. The number of benzene rings is 1. The number of imidazole rings is 1. The van der Waals surface area contributed by atoms with Crippen molar-refractivity contribution in [3.63, 3.8) is 0 Å². The van der Waals surface area contributed by atoms with Crippen LogP contribution in [0.15, 0.2) is 36.5 Å². The van der Waals surface area contributed by atoms with Crippen LogP contribution in [0.5, 0.6) is 0 Å². The third-order valence-electron chi connectivity index (χ3n) is 4.06. The number of nitrogens with zero attached hydrogens (tertiary/aromatic N) is 2. The molecule has 0 radical (unpaired) electrons. The molecule has 0 fully saturated rings. The Labute approximate surface area is 152 Å². The second-order valence-electron chi connectivity index (χ2n) is 6.20. The van der Waals surface area contributed by atoms with E-state index in [1.165, 1.54) is 24.1 Å². The summed E-state index contributed by atoms with van der Waals surface area (Å²) < 4.78 is 7.21. The van der Waals surface area contributed by atoms with Gasteiger partial charge in [-0.2, -0.15) is 0 Å². The first kappa shape index (κ1) is 21.4. The zero-order chi connectivity index (χ0) is 18.5. The normalized spacial score (nSPS) is 11.7. The number of rotatable bonds is 9. The van der Waals surface area contributed by atoms with E-state index >= 15 is 0 Å². The Morgan fingerprint density at radius 1 is 1.20 bits per heavy atom. The van der Waals surface area contributed by atoms with Crippen molar-refractivity contribution in [1.29, 1.82) is 0 Å². The van der Waals surface area contributed by atoms with Gasteiger partial charge >= 0.3 is 0 Å². The summed E-state index contributed by atoms with van der Waals surface area (Å²) in [6.07, 6.45) is 6.59. The van der Waals surface area contributed by atoms with Crippen LogP contribution in [0.4, 0.5) is 0 Å². The first-order chi connectivity index (χ1) is 12.2. The van der Waals surface area contributed by atoms with Gasteiger partial charge in [-0.3, -0.25) is 11.3 Å². The van der Waals surface area contributed by atoms with Crippen LogP contribution in [0.25, 0.3) is 11.4 Å². The Balaban J connectivity index is 0.000000299. The molecule has 5 nitrogen and oxygen atoms in total. The number of unbranched alkanes of at least 4 members (excludes halogenated alkanes) is 1. The minimum Gasteiger partial charge on any atom is -0.383 e. The minimum atomic E-state index is 0.319. The fraction of sp³-hybridized carbons (Fsp3) is 0.550. The van der Waals surface area contributed by atoms with Gasteiger partial charge in [-0.1, -0.05) is 57.0 Å². The van der Waals surface area contributed by atoms with Gasteiger partial charge < -0.3 is 9.30 Å². The first-order valence-corrected chi connectivity index (χ1v) is 9.20. The smallest absolute Gasteiger partial charge is 0.140 e. The van der Waals surface area contributed by atoms with E-state index in [2.05, 4.69) is 60.0 Å². The van der Waals surface area contributed by atoms with Crippen molar-refractivity contribution in [2.24, 2.45) is 5.84 Å². The van der Waals surface area contributed by atoms with Crippen LogP contribution in [0.1, 0.15) is 45.2 Å². The Hall–Kier alpha value is -1.69. The molecule has 0 saturated heterocycles. The Kier molecular flexibility index (Phi) is 10.8. The quantitative estimate of drug-likeness (QED) is 0.533. The summed E-state index contributed by atoms with van der Waals surface area (Å²) in [5.74, 6) is 6.30. The molecule has 0 amide bonds. The molecule has 2 rings (SSSR count). The van der Waals surface area contributed by atoms with Crippen molar-refractivity contribution >= 4 is 0 Å². The maximum atomic E-state index is 5.21. The fourth-order valence-corrected chi connectivity index (χ4v) is 2.64. The van der Waals surface area contributed by atoms with E-state index < -0.39 is 0 Å². The van der Waals surface area contributed by atoms with Gasteiger partial charge in [-0.05, 0) is 19.8 Å². The van der Waals surface area contributed by atoms with Crippen molar-refractivity contribution in [2.45, 2.75) is 59.0 Å². The molecular weight excluding hydrogens is 312 g/mol. The number of ether oxygens (including phenoxy) is 1. The standard InChI is InChI=1S/C14H18N2.C6H16N2O/c1-3-4-10-16-12(2)11-15-14(16)13-8-6-5-7-9-13;1-3-4-6(8-7)5-9-2/h5-9,11H,3-4,10H2,1-2H3;6,8H,3-5,7H2,1-2H3/t;6-/m.0/s1. The first-order valence-electron chi connectivity index (χ1n) is 9.20. The number of aryl methyl sites for hydroxylation is 1. The number of hydrogen-bond donors (Lipinski definition) is 2. The second kappa shape index (κ2) is 12.6. The van der Waals surface area contributed by atoms with Gasteiger partial charge in [-0.25, -0.2) is 4.98 Å². The lowest BCUT2D eigenvalue weighted by molar-refractivity contribution is 0.162. The molecular formula is C20H34N4O. The number of methoxy groups -OCH3 is 1. The molecule has 0 aliphatic heterocycles. The van der Waals surface area contributed by atoms with Gasteiger partial charge in [0, 0.05) is 37.2 Å². The molecule has 3 N–H and O–H groups in total. The highest BCUT2D eigenvalue weighted by Gasteiger charge is 2.07. The second-order valence-corrected chi connectivity index (χ2v) is 6.20. The van der Waals surface area contributed by atoms with Crippen molar-refractivity contribution in [2.75, 3.05) is 13.7 Å². The molecule has 1 aromatic heterocycles. The maximum Gasteiger partial charge on any atom is 0.140 e. The van der Waals surface area contributed by atoms with E-state index in [9.17, 15) is 0 Å². The summed E-state index contributed by atoms with van der Waals surface area (Å²) in [5.41, 5.74) is 5.12. The van der Waals surface area contributed by atoms with Crippen LogP contribution in [0.2, 0.25) is 0 Å². The van der Waals surface area contributed by atoms with E-state index in [-0.39, 0.29) is 0 Å². The summed E-state index contributed by atoms with van der Waals surface area (Å²) in [5, 5.41) is 0. The number of nitrogens with two attached hydrogens (primary N) is 1. The molecule has 0 bridgehead atoms. The summed E-state index contributed by atoms with van der Waals surface area (Å²) in [4.78, 5) is 4.50. The van der Waals surface area contributed by atoms with E-state index in [1.807, 2.05) is 12.3 Å². The molecule has 0 unspecified atom stereocenters. The van der Waals surface area contributed by atoms with E-state index in [0.29, 0.717) is 12.6 Å². The molecule has 0 aliphatic carbocycles. The Morgan fingerprint density at radius 3 is 2.48 bits per heavy atom. The Bertz CT molecular complexity index is 562. The Morgan fingerprint density at radius 2 is 1.92 bits per heavy atom. The third kappa shape index (κ3) is 7.38. The molecule has 0 aliphatic rings. The summed E-state index contributed by atoms with van der Waals surface area (Å²) in [7, 11) is 1.68. The van der Waals surface area contributed by atoms with E-state index in [4.69, 9.17) is 10.6 Å². The summed E-state index contributed by atoms with van der Waals surface area (Å²) in [6.45, 7) is 8.22. The van der Waals surface area contributed by atoms with Crippen LogP contribution in [0, 0.1) is 6.92 Å². The number of aromatic nitrogens is 2. The average Bonchev–Trinajstić information content (AvgIpc) is 3.01. The highest BCUT2D eigenvalue weighted by Crippen LogP contribution is 2.19. The fourth-order valence-electron chi connectivity index (χ4n) is 2.64. The SMILES string of the molecule is CCCCn1c(C)cnc1-c1ccccc1.CCC[C@@H](COC)NN. The molecule has 1 heterocycles. The van der Waals surface area contributed by atoms with Gasteiger partial charge in [0.05, 0.1) is 6.61 Å². The predicted molar refractivity (Wildman–Crippen MR) is 105 cm³/mol. The van der Waals surface area contributed by atoms with E-state index in [1.54, 1.807) is 7.11 Å². The lowest BCUT2D eigenvalue weighted by Crippen LogP contribution is -2.38. The van der Waals surface area contributed by atoms with Gasteiger partial charge in [0.1, 0.15) is 5.82 Å². The molecule has 0 spiro atoms. The molecule has 2 aromatic rings. The molecule has 25 heavy (non-hydrogen) atoms. The minimum absolute atomic E-state index is 0.319. The zero-order valence-corrected chi connectivity index (χ0v) is 16.2. The molecule has 5 heteroatoms. The number of nitrogens with one attached hydrogen (secondary N) is 1. The highest BCUT2D eigenvalue weighted by atomic mass is 16.5.